The molecule has 0 spiro atoms. The van der Waals surface area contributed by atoms with Gasteiger partial charge in [-0.15, -0.1) is 22.7 Å². The van der Waals surface area contributed by atoms with Crippen LogP contribution in [0.4, 0.5) is 17.1 Å². The molecular weight excluding hydrogens is 631 g/mol. The topological polar surface area (TPSA) is 3.24 Å². The molecule has 2 aromatic heterocycles. The quantitative estimate of drug-likeness (QED) is 0.178. The lowest BCUT2D eigenvalue weighted by molar-refractivity contribution is 1.29. The van der Waals surface area contributed by atoms with Crippen LogP contribution in [0, 0.1) is 0 Å². The molecule has 0 aliphatic heterocycles. The fourth-order valence-corrected chi connectivity index (χ4v) is 9.45. The molecule has 3 heteroatoms. The van der Waals surface area contributed by atoms with Crippen LogP contribution in [0.15, 0.2) is 176 Å². The zero-order valence-corrected chi connectivity index (χ0v) is 28.1. The molecule has 0 radical (unpaired) electrons. The van der Waals surface area contributed by atoms with Gasteiger partial charge in [-0.1, -0.05) is 109 Å². The van der Waals surface area contributed by atoms with Crippen molar-refractivity contribution in [2.75, 3.05) is 4.90 Å². The number of rotatable bonds is 5. The van der Waals surface area contributed by atoms with Crippen molar-refractivity contribution in [3.63, 3.8) is 0 Å². The number of nitrogens with zero attached hydrogens (tertiary/aromatic N) is 1. The first kappa shape index (κ1) is 28.3. The Bertz CT molecular complexity index is 2810. The Kier molecular flexibility index (Phi) is 6.61. The third-order valence-electron chi connectivity index (χ3n) is 9.67. The Morgan fingerprint density at radius 1 is 0.306 bits per heavy atom. The summed E-state index contributed by atoms with van der Waals surface area (Å²) in [5.74, 6) is 0. The molecule has 2 heterocycles. The van der Waals surface area contributed by atoms with E-state index in [4.69, 9.17) is 0 Å². The molecule has 0 fully saturated rings. The van der Waals surface area contributed by atoms with Gasteiger partial charge in [-0.2, -0.15) is 0 Å². The van der Waals surface area contributed by atoms with Gasteiger partial charge in [0.15, 0.2) is 0 Å². The average molecular weight is 660 g/mol. The van der Waals surface area contributed by atoms with Crippen molar-refractivity contribution in [3.8, 4) is 22.3 Å². The van der Waals surface area contributed by atoms with Gasteiger partial charge >= 0.3 is 0 Å². The first-order chi connectivity index (χ1) is 24.3. The third-order valence-corrected chi connectivity index (χ3v) is 12.0. The van der Waals surface area contributed by atoms with E-state index in [9.17, 15) is 0 Å². The van der Waals surface area contributed by atoms with Crippen molar-refractivity contribution < 1.29 is 0 Å². The van der Waals surface area contributed by atoms with E-state index in [1.54, 1.807) is 0 Å². The predicted octanol–water partition coefficient (Wildman–Crippen LogP) is 14.4. The van der Waals surface area contributed by atoms with Gasteiger partial charge in [-0.05, 0) is 99.8 Å². The molecule has 1 nitrogen and oxygen atoms in total. The van der Waals surface area contributed by atoms with Crippen molar-refractivity contribution in [1.29, 1.82) is 0 Å². The minimum Gasteiger partial charge on any atom is -0.310 e. The number of fused-ring (bicyclic) bond motifs is 8. The maximum absolute atomic E-state index is 2.38. The van der Waals surface area contributed by atoms with Crippen LogP contribution in [0.2, 0.25) is 0 Å². The summed E-state index contributed by atoms with van der Waals surface area (Å²) in [6, 6.07) is 64.4. The second-order valence-corrected chi connectivity index (χ2v) is 14.7. The smallest absolute Gasteiger partial charge is 0.0468 e. The molecule has 49 heavy (non-hydrogen) atoms. The predicted molar refractivity (Wildman–Crippen MR) is 215 cm³/mol. The molecule has 0 atom stereocenters. The first-order valence-corrected chi connectivity index (χ1v) is 18.2. The molecule has 0 aliphatic carbocycles. The van der Waals surface area contributed by atoms with Gasteiger partial charge in [-0.3, -0.25) is 0 Å². The van der Waals surface area contributed by atoms with E-state index in [1.165, 1.54) is 73.4 Å². The molecule has 0 unspecified atom stereocenters. The second kappa shape index (κ2) is 11.5. The fourth-order valence-electron chi connectivity index (χ4n) is 7.26. The molecule has 10 rings (SSSR count). The van der Waals surface area contributed by atoms with E-state index in [2.05, 4.69) is 181 Å². The number of hydrogen-bond donors (Lipinski definition) is 0. The highest BCUT2D eigenvalue weighted by Crippen LogP contribution is 2.43. The van der Waals surface area contributed by atoms with Crippen LogP contribution in [0.25, 0.3) is 73.4 Å². The summed E-state index contributed by atoms with van der Waals surface area (Å²) >= 11 is 3.73. The lowest BCUT2D eigenvalue weighted by Crippen LogP contribution is -2.09. The highest BCUT2D eigenvalue weighted by Gasteiger charge is 2.16. The van der Waals surface area contributed by atoms with Crippen molar-refractivity contribution in [1.82, 2.24) is 0 Å². The van der Waals surface area contributed by atoms with Gasteiger partial charge in [0.05, 0.1) is 0 Å². The summed E-state index contributed by atoms with van der Waals surface area (Å²) in [7, 11) is 0. The first-order valence-electron chi connectivity index (χ1n) is 16.6. The van der Waals surface area contributed by atoms with E-state index in [0.717, 1.165) is 17.1 Å². The third kappa shape index (κ3) is 4.82. The molecule has 8 aromatic carbocycles. The molecule has 0 bridgehead atoms. The Morgan fingerprint density at radius 3 is 1.63 bits per heavy atom. The van der Waals surface area contributed by atoms with Crippen LogP contribution in [-0.2, 0) is 0 Å². The van der Waals surface area contributed by atoms with Crippen LogP contribution < -0.4 is 4.90 Å². The number of hydrogen-bond acceptors (Lipinski definition) is 3. The molecule has 10 aromatic rings. The zero-order chi connectivity index (χ0) is 32.3. The largest absolute Gasteiger partial charge is 0.310 e. The Balaban J connectivity index is 1.08. The maximum atomic E-state index is 2.38. The van der Waals surface area contributed by atoms with Crippen LogP contribution in [0.1, 0.15) is 0 Å². The van der Waals surface area contributed by atoms with Gasteiger partial charge in [0.1, 0.15) is 0 Å². The monoisotopic (exact) mass is 659 g/mol. The second-order valence-electron chi connectivity index (χ2n) is 12.5. The van der Waals surface area contributed by atoms with Gasteiger partial charge in [0, 0.05) is 57.4 Å². The molecule has 230 valence electrons. The van der Waals surface area contributed by atoms with E-state index < -0.39 is 0 Å². The Morgan fingerprint density at radius 2 is 0.837 bits per heavy atom. The van der Waals surface area contributed by atoms with Gasteiger partial charge < -0.3 is 4.90 Å². The summed E-state index contributed by atoms with van der Waals surface area (Å²) < 4.78 is 5.30. The molecule has 0 aliphatic rings. The standard InChI is InChI=1S/C46H29NS2/c1-2-8-30(9-3-1)31-14-20-35(21-15-31)47(37-24-27-43-40(29-37)39-12-6-7-13-42(39)48-43)36-22-16-32(17-23-36)34-19-25-44-41(28-34)46-38-11-5-4-10-33(38)18-26-45(46)49-44/h1-29H. The summed E-state index contributed by atoms with van der Waals surface area (Å²) in [6.45, 7) is 0. The highest BCUT2D eigenvalue weighted by atomic mass is 32.1. The van der Waals surface area contributed by atoms with Crippen LogP contribution in [0.3, 0.4) is 0 Å². The minimum atomic E-state index is 1.13. The molecule has 0 saturated carbocycles. The molecule has 0 saturated heterocycles. The lowest BCUT2D eigenvalue weighted by atomic mass is 9.99. The van der Waals surface area contributed by atoms with Gasteiger partial charge in [0.2, 0.25) is 0 Å². The van der Waals surface area contributed by atoms with Crippen molar-refractivity contribution in [2.45, 2.75) is 0 Å². The van der Waals surface area contributed by atoms with Gasteiger partial charge in [-0.25, -0.2) is 0 Å². The zero-order valence-electron chi connectivity index (χ0n) is 26.5. The SMILES string of the molecule is c1ccc(-c2ccc(N(c3ccc(-c4ccc5sc6ccc7ccccc7c6c5c4)cc3)c3ccc4sc5ccccc5c4c3)cc2)cc1. The number of benzene rings is 8. The summed E-state index contributed by atoms with van der Waals surface area (Å²) in [5, 5.41) is 7.90. The summed E-state index contributed by atoms with van der Waals surface area (Å²) in [4.78, 5) is 2.38. The van der Waals surface area contributed by atoms with E-state index in [-0.39, 0.29) is 0 Å². The summed E-state index contributed by atoms with van der Waals surface area (Å²) in [6.07, 6.45) is 0. The summed E-state index contributed by atoms with van der Waals surface area (Å²) in [5.41, 5.74) is 8.28. The van der Waals surface area contributed by atoms with Crippen LogP contribution >= 0.6 is 22.7 Å². The van der Waals surface area contributed by atoms with E-state index >= 15 is 0 Å². The van der Waals surface area contributed by atoms with Crippen molar-refractivity contribution >= 4 is 90.9 Å². The minimum absolute atomic E-state index is 1.13. The molecule has 0 N–H and O–H groups in total. The highest BCUT2D eigenvalue weighted by molar-refractivity contribution is 7.26. The van der Waals surface area contributed by atoms with Crippen LogP contribution in [0.5, 0.6) is 0 Å². The molecular formula is C46H29NS2. The van der Waals surface area contributed by atoms with Crippen LogP contribution in [-0.4, -0.2) is 0 Å². The lowest BCUT2D eigenvalue weighted by Gasteiger charge is -2.26. The van der Waals surface area contributed by atoms with Crippen molar-refractivity contribution in [3.05, 3.63) is 176 Å². The Labute approximate surface area is 292 Å². The normalized spacial score (nSPS) is 11.7. The number of thiophene rings is 2. The average Bonchev–Trinajstić information content (AvgIpc) is 3.74. The fraction of sp³-hybridized carbons (Fsp3) is 0. The van der Waals surface area contributed by atoms with E-state index in [0.29, 0.717) is 0 Å². The number of anilines is 3. The molecule has 0 amide bonds. The Hall–Kier alpha value is -5.74. The maximum Gasteiger partial charge on any atom is 0.0468 e. The van der Waals surface area contributed by atoms with Gasteiger partial charge in [0.25, 0.3) is 0 Å². The van der Waals surface area contributed by atoms with E-state index in [1.807, 2.05) is 22.7 Å². The van der Waals surface area contributed by atoms with Crippen molar-refractivity contribution in [2.24, 2.45) is 0 Å².